The van der Waals surface area contributed by atoms with Crippen molar-refractivity contribution in [1.29, 1.82) is 0 Å². The number of pyridine rings is 1. The second kappa shape index (κ2) is 3.96. The molecule has 0 atom stereocenters. The molecular weight excluding hydrogens is 232 g/mol. The predicted octanol–water partition coefficient (Wildman–Crippen LogP) is 2.45. The Morgan fingerprint density at radius 3 is 3.00 bits per heavy atom. The van der Waals surface area contributed by atoms with E-state index < -0.39 is 0 Å². The number of thiophene rings is 1. The lowest BCUT2D eigenvalue weighted by Crippen LogP contribution is -2.07. The van der Waals surface area contributed by atoms with Gasteiger partial charge in [-0.05, 0) is 37.0 Å². The molecule has 0 aromatic carbocycles. The molecule has 2 aromatic rings. The van der Waals surface area contributed by atoms with Crippen molar-refractivity contribution in [3.05, 3.63) is 46.1 Å². The van der Waals surface area contributed by atoms with Crippen molar-refractivity contribution < 1.29 is 4.79 Å². The van der Waals surface area contributed by atoms with Crippen LogP contribution >= 0.6 is 11.3 Å². The van der Waals surface area contributed by atoms with Crippen molar-refractivity contribution in [3.63, 3.8) is 0 Å². The van der Waals surface area contributed by atoms with Crippen LogP contribution in [0.2, 0.25) is 0 Å². The summed E-state index contributed by atoms with van der Waals surface area (Å²) in [5.41, 5.74) is 8.29. The van der Waals surface area contributed by atoms with Crippen LogP contribution in [0.4, 0.5) is 5.00 Å². The summed E-state index contributed by atoms with van der Waals surface area (Å²) in [5.74, 6) is -0.0394. The molecule has 0 saturated carbocycles. The molecule has 0 radical (unpaired) electrons. The van der Waals surface area contributed by atoms with E-state index in [4.69, 9.17) is 5.73 Å². The number of carbonyl (C=O) groups excluding carboxylic acids is 1. The van der Waals surface area contributed by atoms with Gasteiger partial charge < -0.3 is 5.73 Å². The van der Waals surface area contributed by atoms with E-state index in [1.54, 1.807) is 29.7 Å². The van der Waals surface area contributed by atoms with Crippen molar-refractivity contribution in [3.8, 4) is 0 Å². The maximum Gasteiger partial charge on any atom is 0.214 e. The van der Waals surface area contributed by atoms with Crippen LogP contribution in [0.1, 0.15) is 32.9 Å². The molecular formula is C13H12N2OS. The van der Waals surface area contributed by atoms with Gasteiger partial charge in [0.05, 0.1) is 10.6 Å². The van der Waals surface area contributed by atoms with Crippen LogP contribution in [0.5, 0.6) is 0 Å². The molecule has 0 spiro atoms. The number of carbonyl (C=O) groups is 1. The summed E-state index contributed by atoms with van der Waals surface area (Å²) in [6.07, 6.45) is 4.79. The van der Waals surface area contributed by atoms with E-state index in [1.165, 1.54) is 4.88 Å². The normalized spacial score (nSPS) is 13.6. The zero-order chi connectivity index (χ0) is 11.8. The van der Waals surface area contributed by atoms with Gasteiger partial charge in [-0.1, -0.05) is 6.07 Å². The van der Waals surface area contributed by atoms with Gasteiger partial charge in [0.15, 0.2) is 0 Å². The lowest BCUT2D eigenvalue weighted by molar-refractivity contribution is 0.103. The second-order valence-electron chi connectivity index (χ2n) is 4.14. The third-order valence-corrected chi connectivity index (χ3v) is 4.19. The largest absolute Gasteiger partial charge is 0.390 e. The van der Waals surface area contributed by atoms with Gasteiger partial charge >= 0.3 is 0 Å². The number of nitrogen functional groups attached to an aromatic ring is 1. The topological polar surface area (TPSA) is 56.0 Å². The minimum atomic E-state index is -0.0394. The Kier molecular flexibility index (Phi) is 2.44. The molecule has 0 unspecified atom stereocenters. The number of hydrogen-bond donors (Lipinski definition) is 1. The van der Waals surface area contributed by atoms with E-state index in [-0.39, 0.29) is 5.78 Å². The lowest BCUT2D eigenvalue weighted by Gasteiger charge is -2.02. The zero-order valence-corrected chi connectivity index (χ0v) is 10.1. The Labute approximate surface area is 103 Å². The van der Waals surface area contributed by atoms with Gasteiger partial charge in [0, 0.05) is 11.1 Å². The Bertz CT molecular complexity index is 575. The molecule has 2 N–H and O–H groups in total. The van der Waals surface area contributed by atoms with E-state index in [2.05, 4.69) is 4.98 Å². The van der Waals surface area contributed by atoms with Crippen molar-refractivity contribution >= 4 is 22.1 Å². The molecule has 3 nitrogen and oxygen atoms in total. The average molecular weight is 244 g/mol. The molecule has 0 saturated heterocycles. The molecule has 17 heavy (non-hydrogen) atoms. The summed E-state index contributed by atoms with van der Waals surface area (Å²) in [4.78, 5) is 17.7. The number of nitrogens with zero attached hydrogens (tertiary/aromatic N) is 1. The minimum Gasteiger partial charge on any atom is -0.390 e. The zero-order valence-electron chi connectivity index (χ0n) is 9.27. The highest BCUT2D eigenvalue weighted by molar-refractivity contribution is 7.16. The number of nitrogens with two attached hydrogens (primary N) is 1. The number of rotatable bonds is 2. The van der Waals surface area contributed by atoms with Crippen LogP contribution in [0.3, 0.4) is 0 Å². The van der Waals surface area contributed by atoms with Crippen LogP contribution in [0.15, 0.2) is 24.4 Å². The second-order valence-corrected chi connectivity index (χ2v) is 5.28. The monoisotopic (exact) mass is 244 g/mol. The summed E-state index contributed by atoms with van der Waals surface area (Å²) in [5, 5.41) is 0.644. The molecule has 1 aliphatic rings. The first kappa shape index (κ1) is 10.5. The van der Waals surface area contributed by atoms with E-state index in [1.807, 2.05) is 6.07 Å². The number of ketones is 1. The number of fused-ring (bicyclic) bond motifs is 1. The molecule has 2 heterocycles. The molecule has 86 valence electrons. The first-order chi connectivity index (χ1) is 8.27. The molecule has 3 rings (SSSR count). The van der Waals surface area contributed by atoms with Crippen LogP contribution < -0.4 is 5.73 Å². The standard InChI is InChI=1S/C13H12N2OS/c14-13-11(8-4-3-6-10(8)17-13)12(16)9-5-1-2-7-15-9/h1-2,5,7H,3-4,6,14H2. The maximum atomic E-state index is 12.4. The minimum absolute atomic E-state index is 0.0394. The van der Waals surface area contributed by atoms with E-state index in [0.717, 1.165) is 24.8 Å². The highest BCUT2D eigenvalue weighted by atomic mass is 32.1. The van der Waals surface area contributed by atoms with Crippen molar-refractivity contribution in [2.24, 2.45) is 0 Å². The van der Waals surface area contributed by atoms with Gasteiger partial charge in [0.25, 0.3) is 0 Å². The van der Waals surface area contributed by atoms with Gasteiger partial charge in [0.1, 0.15) is 5.69 Å². The van der Waals surface area contributed by atoms with Gasteiger partial charge in [-0.3, -0.25) is 9.78 Å². The van der Waals surface area contributed by atoms with Crippen LogP contribution in [-0.4, -0.2) is 10.8 Å². The fraction of sp³-hybridized carbons (Fsp3) is 0.231. The van der Waals surface area contributed by atoms with E-state index in [0.29, 0.717) is 16.3 Å². The van der Waals surface area contributed by atoms with Crippen LogP contribution in [0.25, 0.3) is 0 Å². The fourth-order valence-corrected chi connectivity index (χ4v) is 3.46. The molecule has 4 heteroatoms. The van der Waals surface area contributed by atoms with Crippen molar-refractivity contribution in [1.82, 2.24) is 4.98 Å². The maximum absolute atomic E-state index is 12.4. The fourth-order valence-electron chi connectivity index (χ4n) is 2.30. The predicted molar refractivity (Wildman–Crippen MR) is 68.4 cm³/mol. The number of hydrogen-bond acceptors (Lipinski definition) is 4. The van der Waals surface area contributed by atoms with Crippen molar-refractivity contribution in [2.45, 2.75) is 19.3 Å². The van der Waals surface area contributed by atoms with Gasteiger partial charge in [-0.25, -0.2) is 0 Å². The average Bonchev–Trinajstić information content (AvgIpc) is 2.89. The molecule has 0 bridgehead atoms. The van der Waals surface area contributed by atoms with Crippen LogP contribution in [0, 0.1) is 0 Å². The first-order valence-corrected chi connectivity index (χ1v) is 6.45. The first-order valence-electron chi connectivity index (χ1n) is 5.63. The van der Waals surface area contributed by atoms with Gasteiger partial charge in [-0.2, -0.15) is 0 Å². The third kappa shape index (κ3) is 1.65. The Morgan fingerprint density at radius 2 is 2.24 bits per heavy atom. The highest BCUT2D eigenvalue weighted by Crippen LogP contribution is 2.38. The lowest BCUT2D eigenvalue weighted by atomic mass is 10.0. The van der Waals surface area contributed by atoms with Gasteiger partial charge in [0.2, 0.25) is 5.78 Å². The van der Waals surface area contributed by atoms with E-state index in [9.17, 15) is 4.79 Å². The number of anilines is 1. The van der Waals surface area contributed by atoms with E-state index >= 15 is 0 Å². The molecule has 0 aliphatic heterocycles. The van der Waals surface area contributed by atoms with Crippen molar-refractivity contribution in [2.75, 3.05) is 5.73 Å². The highest BCUT2D eigenvalue weighted by Gasteiger charge is 2.26. The van der Waals surface area contributed by atoms with Gasteiger partial charge in [-0.15, -0.1) is 11.3 Å². The quantitative estimate of drug-likeness (QED) is 0.825. The summed E-state index contributed by atoms with van der Waals surface area (Å²) in [6.45, 7) is 0. The summed E-state index contributed by atoms with van der Waals surface area (Å²) >= 11 is 1.56. The Morgan fingerprint density at radius 1 is 1.35 bits per heavy atom. The molecule has 0 fully saturated rings. The molecule has 1 aliphatic carbocycles. The SMILES string of the molecule is Nc1sc2c(c1C(=O)c1ccccn1)CCC2. The Hall–Kier alpha value is -1.68. The summed E-state index contributed by atoms with van der Waals surface area (Å²) in [6, 6.07) is 5.36. The summed E-state index contributed by atoms with van der Waals surface area (Å²) in [7, 11) is 0. The smallest absolute Gasteiger partial charge is 0.214 e. The third-order valence-electron chi connectivity index (χ3n) is 3.07. The number of aromatic nitrogens is 1. The number of aryl methyl sites for hydroxylation is 1. The molecule has 2 aromatic heterocycles. The molecule has 0 amide bonds. The van der Waals surface area contributed by atoms with Crippen LogP contribution in [-0.2, 0) is 12.8 Å². The Balaban J connectivity index is 2.08. The summed E-state index contributed by atoms with van der Waals surface area (Å²) < 4.78 is 0.